The van der Waals surface area contributed by atoms with Gasteiger partial charge in [0.2, 0.25) is 5.43 Å². The molecule has 0 radical (unpaired) electrons. The lowest BCUT2D eigenvalue weighted by molar-refractivity contribution is 0.0949. The fourth-order valence-corrected chi connectivity index (χ4v) is 6.86. The molecule has 1 amide bonds. The third kappa shape index (κ3) is 4.87. The normalized spacial score (nSPS) is 16.1. The molecule has 7 nitrogen and oxygen atoms in total. The van der Waals surface area contributed by atoms with Crippen molar-refractivity contribution in [3.63, 3.8) is 0 Å². The molecule has 4 heterocycles. The highest BCUT2D eigenvalue weighted by molar-refractivity contribution is 7.98. The average molecular weight is 563 g/mol. The van der Waals surface area contributed by atoms with Crippen LogP contribution in [0.25, 0.3) is 27.4 Å². The smallest absolute Gasteiger partial charge is 0.256 e. The van der Waals surface area contributed by atoms with Gasteiger partial charge in [-0.2, -0.15) is 0 Å². The molecule has 8 heteroatoms. The van der Waals surface area contributed by atoms with Crippen molar-refractivity contribution in [2.24, 2.45) is 0 Å². The molecule has 2 aromatic heterocycles. The number of nitrogens with zero attached hydrogens (tertiary/aromatic N) is 3. The summed E-state index contributed by atoms with van der Waals surface area (Å²) in [5, 5.41) is 5.62. The van der Waals surface area contributed by atoms with Gasteiger partial charge >= 0.3 is 0 Å². The Kier molecular flexibility index (Phi) is 6.73. The fourth-order valence-electron chi connectivity index (χ4n) is 5.95. The lowest BCUT2D eigenvalue weighted by Gasteiger charge is -2.25. The van der Waals surface area contributed by atoms with Crippen LogP contribution in [0.5, 0.6) is 11.5 Å². The summed E-state index contributed by atoms with van der Waals surface area (Å²) in [5.41, 5.74) is 2.47. The first kappa shape index (κ1) is 25.8. The van der Waals surface area contributed by atoms with Crippen molar-refractivity contribution in [1.29, 1.82) is 0 Å². The summed E-state index contributed by atoms with van der Waals surface area (Å²) in [6.45, 7) is 1.62. The highest BCUT2D eigenvalue weighted by atomic mass is 32.2. The van der Waals surface area contributed by atoms with E-state index in [1.54, 1.807) is 30.4 Å². The highest BCUT2D eigenvalue weighted by Crippen LogP contribution is 2.43. The van der Waals surface area contributed by atoms with Crippen LogP contribution < -0.4 is 15.5 Å². The number of carbonyl (C=O) groups is 1. The number of ether oxygens (including phenoxy) is 1. The zero-order valence-electron chi connectivity index (χ0n) is 22.8. The molecule has 1 atom stereocenters. The number of hydrogen-bond donors (Lipinski definition) is 1. The van der Waals surface area contributed by atoms with Gasteiger partial charge in [-0.05, 0) is 85.6 Å². The molecule has 7 rings (SSSR count). The number of benzene rings is 3. The van der Waals surface area contributed by atoms with Gasteiger partial charge in [0, 0.05) is 41.8 Å². The minimum Gasteiger partial charge on any atom is -0.453 e. The van der Waals surface area contributed by atoms with Gasteiger partial charge in [0.05, 0.1) is 11.1 Å². The van der Waals surface area contributed by atoms with Crippen molar-refractivity contribution in [1.82, 2.24) is 19.8 Å². The van der Waals surface area contributed by atoms with E-state index in [2.05, 4.69) is 40.4 Å². The van der Waals surface area contributed by atoms with Crippen LogP contribution in [0.2, 0.25) is 0 Å². The number of nitrogens with one attached hydrogen (secondary N) is 1. The molecule has 0 aliphatic carbocycles. The van der Waals surface area contributed by atoms with E-state index in [1.807, 2.05) is 47.0 Å². The molecular weight excluding hydrogens is 532 g/mol. The van der Waals surface area contributed by atoms with Gasteiger partial charge in [-0.1, -0.05) is 24.3 Å². The minimum atomic E-state index is -0.341. The molecule has 2 aliphatic rings. The van der Waals surface area contributed by atoms with Crippen molar-refractivity contribution in [3.05, 3.63) is 101 Å². The quantitative estimate of drug-likeness (QED) is 0.235. The molecule has 1 fully saturated rings. The Morgan fingerprint density at radius 2 is 1.88 bits per heavy atom. The minimum absolute atomic E-state index is 0.139. The van der Waals surface area contributed by atoms with Crippen LogP contribution in [0.3, 0.4) is 0 Å². The first-order chi connectivity index (χ1) is 20.0. The van der Waals surface area contributed by atoms with Crippen LogP contribution in [0.4, 0.5) is 0 Å². The largest absolute Gasteiger partial charge is 0.453 e. The Bertz CT molecular complexity index is 1850. The van der Waals surface area contributed by atoms with Crippen molar-refractivity contribution in [2.75, 3.05) is 20.1 Å². The number of thioether (sulfide) groups is 1. The summed E-state index contributed by atoms with van der Waals surface area (Å²) in [6, 6.07) is 20.5. The van der Waals surface area contributed by atoms with Crippen molar-refractivity contribution >= 4 is 39.3 Å². The topological polar surface area (TPSA) is 76.5 Å². The Labute approximate surface area is 242 Å². The maximum absolute atomic E-state index is 13.9. The highest BCUT2D eigenvalue weighted by Gasteiger charge is 2.26. The van der Waals surface area contributed by atoms with Gasteiger partial charge in [0.1, 0.15) is 11.1 Å². The van der Waals surface area contributed by atoms with Crippen LogP contribution in [0.15, 0.2) is 88.9 Å². The van der Waals surface area contributed by atoms with E-state index in [1.165, 1.54) is 6.42 Å². The van der Waals surface area contributed by atoms with Gasteiger partial charge in [0.25, 0.3) is 5.91 Å². The molecule has 41 heavy (non-hydrogen) atoms. The van der Waals surface area contributed by atoms with Crippen molar-refractivity contribution in [2.45, 2.75) is 36.0 Å². The van der Waals surface area contributed by atoms with Crippen LogP contribution in [-0.2, 0) is 5.75 Å². The zero-order chi connectivity index (χ0) is 27.9. The van der Waals surface area contributed by atoms with Gasteiger partial charge in [-0.15, -0.1) is 11.8 Å². The first-order valence-corrected chi connectivity index (χ1v) is 15.0. The molecule has 0 bridgehead atoms. The van der Waals surface area contributed by atoms with Crippen LogP contribution in [0.1, 0.15) is 35.2 Å². The van der Waals surface area contributed by atoms with Gasteiger partial charge in [-0.3, -0.25) is 14.6 Å². The lowest BCUT2D eigenvalue weighted by Crippen LogP contribution is -2.34. The summed E-state index contributed by atoms with van der Waals surface area (Å²) >= 11 is 1.62. The third-order valence-corrected chi connectivity index (χ3v) is 9.22. The van der Waals surface area contributed by atoms with E-state index in [9.17, 15) is 9.59 Å². The van der Waals surface area contributed by atoms with Gasteiger partial charge in [-0.25, -0.2) is 0 Å². The Hall–Kier alpha value is -4.14. The summed E-state index contributed by atoms with van der Waals surface area (Å²) in [4.78, 5) is 34.7. The Balaban J connectivity index is 1.31. The van der Waals surface area contributed by atoms with Crippen LogP contribution in [-0.4, -0.2) is 46.5 Å². The third-order valence-electron chi connectivity index (χ3n) is 8.18. The molecule has 1 unspecified atom stereocenters. The number of pyridine rings is 2. The predicted octanol–water partition coefficient (Wildman–Crippen LogP) is 6.15. The molecule has 5 aromatic rings. The molecule has 1 N–H and O–H groups in total. The average Bonchev–Trinajstić information content (AvgIpc) is 3.41. The van der Waals surface area contributed by atoms with Crippen molar-refractivity contribution in [3.8, 4) is 17.2 Å². The molecule has 0 saturated carbocycles. The summed E-state index contributed by atoms with van der Waals surface area (Å²) < 4.78 is 8.40. The molecule has 206 valence electrons. The summed E-state index contributed by atoms with van der Waals surface area (Å²) in [7, 11) is 2.13. The molecule has 3 aromatic carbocycles. The van der Waals surface area contributed by atoms with E-state index in [4.69, 9.17) is 4.74 Å². The number of fused-ring (bicyclic) bond motifs is 3. The molecular formula is C33H30N4O3S. The number of amides is 1. The molecule has 2 aliphatic heterocycles. The number of aromatic nitrogens is 2. The summed E-state index contributed by atoms with van der Waals surface area (Å²) in [5.74, 6) is 1.67. The van der Waals surface area contributed by atoms with Gasteiger partial charge in [0.15, 0.2) is 11.5 Å². The van der Waals surface area contributed by atoms with E-state index < -0.39 is 0 Å². The maximum Gasteiger partial charge on any atom is 0.256 e. The molecule has 0 spiro atoms. The van der Waals surface area contributed by atoms with E-state index in [0.717, 1.165) is 52.1 Å². The second-order valence-corrected chi connectivity index (χ2v) is 11.8. The predicted molar refractivity (Wildman–Crippen MR) is 164 cm³/mol. The SMILES string of the molecule is CN1CCCC1CCNC(=O)c1cn2c3c(cc(SCc4ccncc4)cc3c1=O)Oc1cc3ccccc3cc1-2. The van der Waals surface area contributed by atoms with Crippen molar-refractivity contribution < 1.29 is 9.53 Å². The maximum atomic E-state index is 13.9. The van der Waals surface area contributed by atoms with E-state index in [0.29, 0.717) is 35.0 Å². The lowest BCUT2D eigenvalue weighted by atomic mass is 10.0. The second-order valence-electron chi connectivity index (χ2n) is 10.8. The second kappa shape index (κ2) is 10.7. The zero-order valence-corrected chi connectivity index (χ0v) is 23.6. The van der Waals surface area contributed by atoms with Crippen LogP contribution >= 0.6 is 11.8 Å². The number of likely N-dealkylation sites (tertiary alicyclic amines) is 1. The summed E-state index contributed by atoms with van der Waals surface area (Å²) in [6.07, 6.45) is 8.43. The molecule has 1 saturated heterocycles. The first-order valence-electron chi connectivity index (χ1n) is 14.0. The monoisotopic (exact) mass is 562 g/mol. The Morgan fingerprint density at radius 3 is 2.66 bits per heavy atom. The fraction of sp³-hybridized carbons (Fsp3) is 0.242. The van der Waals surface area contributed by atoms with Crippen LogP contribution in [0, 0.1) is 0 Å². The Morgan fingerprint density at radius 1 is 1.07 bits per heavy atom. The number of carbonyl (C=O) groups excluding carboxylic acids is 1. The van der Waals surface area contributed by atoms with E-state index >= 15 is 0 Å². The standard InChI is InChI=1S/C33H30N4O3S/c1-36-14-4-7-24(36)10-13-35-33(39)27-19-37-28-15-22-5-2-3-6-23(22)16-29(28)40-30-18-25(17-26(31(30)37)32(27)38)41-20-21-8-11-34-12-9-21/h2-3,5-6,8-9,11-12,15-19,24H,4,7,10,13-14,20H2,1H3,(H,35,39). The van der Waals surface area contributed by atoms with E-state index in [-0.39, 0.29) is 16.9 Å². The number of hydrogen-bond acceptors (Lipinski definition) is 6. The number of rotatable bonds is 7. The van der Waals surface area contributed by atoms with Gasteiger partial charge < -0.3 is 19.5 Å².